The zero-order valence-electron chi connectivity index (χ0n) is 12.3. The van der Waals surface area contributed by atoms with E-state index in [-0.39, 0.29) is 10.8 Å². The van der Waals surface area contributed by atoms with E-state index in [2.05, 4.69) is 4.72 Å². The quantitative estimate of drug-likeness (QED) is 0.833. The number of anilines is 1. The molecule has 0 fully saturated rings. The van der Waals surface area contributed by atoms with Crippen molar-refractivity contribution in [2.45, 2.75) is 37.1 Å². The predicted molar refractivity (Wildman–Crippen MR) is 81.6 cm³/mol. The number of nitrogens with zero attached hydrogens (tertiary/aromatic N) is 1. The first-order valence-electron chi connectivity index (χ1n) is 7.04. The fraction of sp³-hybridized carbons (Fsp3) is 0.500. The van der Waals surface area contributed by atoms with Crippen molar-refractivity contribution in [1.82, 2.24) is 4.72 Å². The van der Waals surface area contributed by atoms with E-state index < -0.39 is 16.1 Å². The van der Waals surface area contributed by atoms with E-state index in [0.717, 1.165) is 17.7 Å². The van der Waals surface area contributed by atoms with E-state index in [1.807, 2.05) is 6.92 Å². The van der Waals surface area contributed by atoms with E-state index in [1.165, 1.54) is 13.1 Å². The average molecular weight is 311 g/mol. The molecule has 1 amide bonds. The molecule has 1 atom stereocenters. The minimum absolute atomic E-state index is 0.0974. The number of nitrogens with two attached hydrogens (primary N) is 1. The maximum absolute atomic E-state index is 12.3. The number of sulfonamides is 1. The third-order valence-corrected chi connectivity index (χ3v) is 5.12. The Morgan fingerprint density at radius 2 is 2.19 bits per heavy atom. The Kier molecular flexibility index (Phi) is 4.65. The van der Waals surface area contributed by atoms with E-state index in [9.17, 15) is 13.2 Å². The number of fused-ring (bicyclic) bond motifs is 1. The molecule has 1 aliphatic heterocycles. The Bertz CT molecular complexity index is 643. The molecule has 0 aliphatic carbocycles. The van der Waals surface area contributed by atoms with Gasteiger partial charge in [0.25, 0.3) is 0 Å². The lowest BCUT2D eigenvalue weighted by Gasteiger charge is -2.21. The van der Waals surface area contributed by atoms with Crippen LogP contribution in [0.4, 0.5) is 5.69 Å². The molecule has 0 saturated heterocycles. The van der Waals surface area contributed by atoms with Crippen molar-refractivity contribution < 1.29 is 13.2 Å². The van der Waals surface area contributed by atoms with Crippen LogP contribution in [0.5, 0.6) is 0 Å². The van der Waals surface area contributed by atoms with Gasteiger partial charge in [-0.25, -0.2) is 13.1 Å². The molecule has 1 aromatic rings. The van der Waals surface area contributed by atoms with Crippen LogP contribution < -0.4 is 15.4 Å². The van der Waals surface area contributed by atoms with Crippen molar-refractivity contribution in [1.29, 1.82) is 0 Å². The molecule has 2 rings (SSSR count). The minimum Gasteiger partial charge on any atom is -0.320 e. The molecule has 1 unspecified atom stereocenters. The predicted octanol–water partition coefficient (Wildman–Crippen LogP) is 0.611. The molecule has 7 heteroatoms. The smallest absolute Gasteiger partial charge is 0.243 e. The highest BCUT2D eigenvalue weighted by atomic mass is 32.2. The molecule has 0 spiro atoms. The first kappa shape index (κ1) is 15.9. The van der Waals surface area contributed by atoms with Gasteiger partial charge >= 0.3 is 0 Å². The minimum atomic E-state index is -3.46. The molecule has 116 valence electrons. The number of carbonyl (C=O) groups excluding carboxylic acids is 1. The molecule has 1 aliphatic rings. The first-order chi connectivity index (χ1) is 9.90. The van der Waals surface area contributed by atoms with Crippen molar-refractivity contribution in [3.63, 3.8) is 0 Å². The normalized spacial score (nSPS) is 15.9. The molecule has 0 aromatic heterocycles. The van der Waals surface area contributed by atoms with Crippen molar-refractivity contribution in [3.05, 3.63) is 23.8 Å². The van der Waals surface area contributed by atoms with E-state index in [4.69, 9.17) is 5.73 Å². The molecule has 1 heterocycles. The molecule has 6 nitrogen and oxygen atoms in total. The van der Waals surface area contributed by atoms with Gasteiger partial charge in [0.1, 0.15) is 0 Å². The van der Waals surface area contributed by atoms with Crippen molar-refractivity contribution in [2.75, 3.05) is 18.5 Å². The molecule has 3 N–H and O–H groups in total. The van der Waals surface area contributed by atoms with Gasteiger partial charge in [-0.1, -0.05) is 13.3 Å². The van der Waals surface area contributed by atoms with Crippen LogP contribution in [-0.4, -0.2) is 34.0 Å². The molecule has 0 saturated carbocycles. The molecule has 21 heavy (non-hydrogen) atoms. The van der Waals surface area contributed by atoms with Crippen molar-refractivity contribution in [3.8, 4) is 0 Å². The number of carbonyl (C=O) groups is 1. The monoisotopic (exact) mass is 311 g/mol. The summed E-state index contributed by atoms with van der Waals surface area (Å²) in [6.07, 6.45) is 2.15. The van der Waals surface area contributed by atoms with Gasteiger partial charge in [0, 0.05) is 12.2 Å². The second kappa shape index (κ2) is 6.13. The van der Waals surface area contributed by atoms with Gasteiger partial charge in [-0.05, 0) is 43.7 Å². The van der Waals surface area contributed by atoms with Crippen LogP contribution in [0, 0.1) is 0 Å². The van der Waals surface area contributed by atoms with Crippen molar-refractivity contribution >= 4 is 21.6 Å². The van der Waals surface area contributed by atoms with Crippen LogP contribution in [0.1, 0.15) is 25.3 Å². The molecular weight excluding hydrogens is 290 g/mol. The summed E-state index contributed by atoms with van der Waals surface area (Å²) in [7, 11) is -2.08. The number of benzene rings is 1. The van der Waals surface area contributed by atoms with Crippen LogP contribution in [0.25, 0.3) is 0 Å². The maximum atomic E-state index is 12.3. The average Bonchev–Trinajstić information content (AvgIpc) is 2.89. The van der Waals surface area contributed by atoms with Crippen LogP contribution in [-0.2, 0) is 21.2 Å². The van der Waals surface area contributed by atoms with Gasteiger partial charge in [0.2, 0.25) is 15.9 Å². The first-order valence-corrected chi connectivity index (χ1v) is 8.52. The fourth-order valence-corrected chi connectivity index (χ4v) is 3.31. The summed E-state index contributed by atoms with van der Waals surface area (Å²) in [5, 5.41) is 0. The maximum Gasteiger partial charge on any atom is 0.243 e. The second-order valence-electron chi connectivity index (χ2n) is 5.13. The van der Waals surface area contributed by atoms with Gasteiger partial charge in [-0.2, -0.15) is 0 Å². The third-order valence-electron chi connectivity index (χ3n) is 3.71. The van der Waals surface area contributed by atoms with Gasteiger partial charge in [0.05, 0.1) is 10.9 Å². The van der Waals surface area contributed by atoms with Gasteiger partial charge < -0.3 is 10.6 Å². The number of rotatable bonds is 5. The SMILES string of the molecule is CCCC(N)C(=O)N1CCc2cc(S(=O)(=O)NC)ccc21. The molecule has 0 bridgehead atoms. The largest absolute Gasteiger partial charge is 0.320 e. The Hall–Kier alpha value is -1.44. The highest BCUT2D eigenvalue weighted by Crippen LogP contribution is 2.30. The van der Waals surface area contributed by atoms with Crippen molar-refractivity contribution in [2.24, 2.45) is 5.73 Å². The van der Waals surface area contributed by atoms with Gasteiger partial charge in [0.15, 0.2) is 0 Å². The summed E-state index contributed by atoms with van der Waals surface area (Å²) in [5.74, 6) is -0.0974. The standard InChI is InChI=1S/C14H21N3O3S/c1-3-4-12(15)14(18)17-8-7-10-9-11(5-6-13(10)17)21(19,20)16-2/h5-6,9,12,16H,3-4,7-8,15H2,1-2H3. The lowest BCUT2D eigenvalue weighted by Crippen LogP contribution is -2.43. The van der Waals surface area contributed by atoms with Gasteiger partial charge in [-0.15, -0.1) is 0 Å². The van der Waals surface area contributed by atoms with Crippen LogP contribution >= 0.6 is 0 Å². The second-order valence-corrected chi connectivity index (χ2v) is 7.02. The summed E-state index contributed by atoms with van der Waals surface area (Å²) >= 11 is 0. The highest BCUT2D eigenvalue weighted by Gasteiger charge is 2.29. The van der Waals surface area contributed by atoms with Crippen LogP contribution in [0.3, 0.4) is 0 Å². The van der Waals surface area contributed by atoms with Crippen LogP contribution in [0.2, 0.25) is 0 Å². The summed E-state index contributed by atoms with van der Waals surface area (Å²) in [4.78, 5) is 14.2. The lowest BCUT2D eigenvalue weighted by atomic mass is 10.1. The summed E-state index contributed by atoms with van der Waals surface area (Å²) in [5.41, 5.74) is 7.52. The number of nitrogens with one attached hydrogen (secondary N) is 1. The van der Waals surface area contributed by atoms with E-state index in [1.54, 1.807) is 17.0 Å². The lowest BCUT2D eigenvalue weighted by molar-refractivity contribution is -0.119. The summed E-state index contributed by atoms with van der Waals surface area (Å²) in [6.45, 7) is 2.54. The number of hydrogen-bond donors (Lipinski definition) is 2. The zero-order chi connectivity index (χ0) is 15.6. The molecule has 1 aromatic carbocycles. The Labute approximate surface area is 125 Å². The highest BCUT2D eigenvalue weighted by molar-refractivity contribution is 7.89. The topological polar surface area (TPSA) is 92.5 Å². The summed E-state index contributed by atoms with van der Waals surface area (Å²) < 4.78 is 25.9. The summed E-state index contributed by atoms with van der Waals surface area (Å²) in [6, 6.07) is 4.33. The number of amides is 1. The Morgan fingerprint density at radius 1 is 1.48 bits per heavy atom. The van der Waals surface area contributed by atoms with E-state index in [0.29, 0.717) is 19.4 Å². The third kappa shape index (κ3) is 3.09. The Balaban J connectivity index is 2.28. The van der Waals surface area contributed by atoms with Gasteiger partial charge in [-0.3, -0.25) is 4.79 Å². The number of hydrogen-bond acceptors (Lipinski definition) is 4. The fourth-order valence-electron chi connectivity index (χ4n) is 2.53. The Morgan fingerprint density at radius 3 is 2.81 bits per heavy atom. The molecule has 0 radical (unpaired) electrons. The molecular formula is C14H21N3O3S. The van der Waals surface area contributed by atoms with E-state index >= 15 is 0 Å². The zero-order valence-corrected chi connectivity index (χ0v) is 13.1. The van der Waals surface area contributed by atoms with Crippen LogP contribution in [0.15, 0.2) is 23.1 Å².